The first-order valence-electron chi connectivity index (χ1n) is 12.7. The van der Waals surface area contributed by atoms with Gasteiger partial charge in [0.25, 0.3) is 0 Å². The summed E-state index contributed by atoms with van der Waals surface area (Å²) in [6.45, 7) is -2.28. The number of oxime groups is 1. The van der Waals surface area contributed by atoms with Crippen molar-refractivity contribution in [1.82, 2.24) is 9.80 Å². The zero-order valence-corrected chi connectivity index (χ0v) is 21.5. The zero-order valence-electron chi connectivity index (χ0n) is 21.5. The summed E-state index contributed by atoms with van der Waals surface area (Å²) in [6.07, 6.45) is 3.41. The van der Waals surface area contributed by atoms with E-state index in [-0.39, 0.29) is 54.6 Å². The van der Waals surface area contributed by atoms with E-state index in [1.807, 2.05) is 0 Å². The van der Waals surface area contributed by atoms with Crippen LogP contribution in [0.25, 0.3) is 0 Å². The van der Waals surface area contributed by atoms with Crippen LogP contribution in [0.3, 0.4) is 0 Å². The number of methoxy groups -OCH3 is 1. The standard InChI is InChI=1S/C26H28F3N5O6/c1-38-21-6-13(2-5-20(21)40-26(28)29)12-39-32-19-11-33(9-14(19)8-30)24-18(27)7-16-22(35)17(25(36)37)10-34(15-3-4-15)23(16)31-24/h2,5-7,10,14-16,23,26H,3-4,8-9,11-12,30H2,1H3,(H,36,37)/b32-19-. The van der Waals surface area contributed by atoms with E-state index in [1.54, 1.807) is 9.80 Å². The number of dihydropyridines is 1. The molecule has 3 N–H and O–H groups in total. The molecule has 3 heterocycles. The van der Waals surface area contributed by atoms with Gasteiger partial charge in [-0.2, -0.15) is 8.78 Å². The number of alkyl halides is 2. The van der Waals surface area contributed by atoms with E-state index in [4.69, 9.17) is 15.3 Å². The minimum atomic E-state index is -2.99. The number of nitrogens with zero attached hydrogens (tertiary/aromatic N) is 4. The van der Waals surface area contributed by atoms with Gasteiger partial charge < -0.3 is 35.0 Å². The fraction of sp³-hybridized carbons (Fsp3) is 0.462. The van der Waals surface area contributed by atoms with Gasteiger partial charge in [0.05, 0.1) is 25.3 Å². The lowest BCUT2D eigenvalue weighted by Gasteiger charge is -2.39. The molecule has 3 atom stereocenters. The number of benzene rings is 1. The number of fused-ring (bicyclic) bond motifs is 1. The fourth-order valence-corrected chi connectivity index (χ4v) is 5.03. The number of hydrogen-bond donors (Lipinski definition) is 2. The predicted molar refractivity (Wildman–Crippen MR) is 135 cm³/mol. The van der Waals surface area contributed by atoms with Crippen LogP contribution in [0.4, 0.5) is 13.2 Å². The topological polar surface area (TPSA) is 139 Å². The molecule has 1 saturated heterocycles. The maximum Gasteiger partial charge on any atom is 0.387 e. The molecule has 0 amide bonds. The number of amidine groups is 1. The number of halogens is 3. The Labute approximate surface area is 227 Å². The number of likely N-dealkylation sites (tertiary alicyclic amines) is 1. The summed E-state index contributed by atoms with van der Waals surface area (Å²) < 4.78 is 50.0. The smallest absolute Gasteiger partial charge is 0.387 e. The summed E-state index contributed by atoms with van der Waals surface area (Å²) in [6, 6.07) is 4.42. The fourth-order valence-electron chi connectivity index (χ4n) is 5.03. The molecule has 0 radical (unpaired) electrons. The molecular weight excluding hydrogens is 535 g/mol. The molecule has 11 nitrogen and oxygen atoms in total. The van der Waals surface area contributed by atoms with Gasteiger partial charge >= 0.3 is 12.6 Å². The molecule has 14 heteroatoms. The molecule has 2 fully saturated rings. The van der Waals surface area contributed by atoms with Crippen LogP contribution in [0.1, 0.15) is 18.4 Å². The number of hydrogen-bond acceptors (Lipinski definition) is 10. The summed E-state index contributed by atoms with van der Waals surface area (Å²) in [4.78, 5) is 37.9. The third-order valence-corrected chi connectivity index (χ3v) is 7.17. The Bertz CT molecular complexity index is 1310. The van der Waals surface area contributed by atoms with E-state index in [1.165, 1.54) is 31.5 Å². The van der Waals surface area contributed by atoms with Crippen LogP contribution in [0.2, 0.25) is 0 Å². The van der Waals surface area contributed by atoms with Crippen molar-refractivity contribution in [2.45, 2.75) is 38.3 Å². The maximum absolute atomic E-state index is 15.3. The molecule has 3 aliphatic heterocycles. The van der Waals surface area contributed by atoms with Crippen molar-refractivity contribution >= 4 is 23.3 Å². The molecule has 0 bridgehead atoms. The van der Waals surface area contributed by atoms with Crippen LogP contribution in [0.5, 0.6) is 11.5 Å². The number of aliphatic carboxylic acids is 1. The van der Waals surface area contributed by atoms with E-state index >= 15 is 4.39 Å². The number of Topliss-reactive ketones (excluding diaryl/α,β-unsaturated/α-hetero) is 1. The lowest BCUT2D eigenvalue weighted by molar-refractivity contribution is -0.136. The van der Waals surface area contributed by atoms with Crippen LogP contribution in [-0.2, 0) is 21.0 Å². The quantitative estimate of drug-likeness (QED) is 0.342. The van der Waals surface area contributed by atoms with Crippen LogP contribution in [0.15, 0.2) is 52.0 Å². The first kappa shape index (κ1) is 27.5. The number of aliphatic imine (C=N–C) groups is 1. The third-order valence-electron chi connectivity index (χ3n) is 7.17. The minimum Gasteiger partial charge on any atom is -0.493 e. The third kappa shape index (κ3) is 5.48. The summed E-state index contributed by atoms with van der Waals surface area (Å²) >= 11 is 0. The van der Waals surface area contributed by atoms with Gasteiger partial charge in [-0.3, -0.25) is 4.79 Å². The normalized spacial score (nSPS) is 25.4. The number of nitrogens with two attached hydrogens (primary N) is 1. The van der Waals surface area contributed by atoms with Crippen molar-refractivity contribution in [3.05, 3.63) is 47.4 Å². The summed E-state index contributed by atoms with van der Waals surface area (Å²) in [5.41, 5.74) is 6.73. The van der Waals surface area contributed by atoms with Gasteiger partial charge in [-0.15, -0.1) is 0 Å². The zero-order chi connectivity index (χ0) is 28.6. The van der Waals surface area contributed by atoms with Crippen molar-refractivity contribution in [3.8, 4) is 11.5 Å². The average Bonchev–Trinajstić information content (AvgIpc) is 3.68. The molecule has 1 saturated carbocycles. The lowest BCUT2D eigenvalue weighted by atomic mass is 9.88. The number of ketones is 1. The van der Waals surface area contributed by atoms with Gasteiger partial charge in [-0.1, -0.05) is 11.2 Å². The number of rotatable bonds is 9. The van der Waals surface area contributed by atoms with E-state index in [2.05, 4.69) is 14.9 Å². The second kappa shape index (κ2) is 11.2. The monoisotopic (exact) mass is 563 g/mol. The number of carboxylic acid groups (broad SMARTS) is 1. The van der Waals surface area contributed by atoms with Crippen molar-refractivity contribution in [1.29, 1.82) is 0 Å². The number of carboxylic acids is 1. The Balaban J connectivity index is 1.30. The number of carbonyl (C=O) groups is 2. The van der Waals surface area contributed by atoms with Crippen LogP contribution >= 0.6 is 0 Å². The van der Waals surface area contributed by atoms with Gasteiger partial charge in [-0.05, 0) is 36.6 Å². The molecule has 1 aromatic rings. The van der Waals surface area contributed by atoms with Crippen molar-refractivity contribution in [3.63, 3.8) is 0 Å². The molecule has 40 heavy (non-hydrogen) atoms. The summed E-state index contributed by atoms with van der Waals surface area (Å²) in [5, 5.41) is 13.7. The van der Waals surface area contributed by atoms with E-state index in [0.717, 1.165) is 18.9 Å². The van der Waals surface area contributed by atoms with Gasteiger partial charge in [0.2, 0.25) is 0 Å². The van der Waals surface area contributed by atoms with Crippen molar-refractivity contribution < 1.29 is 42.2 Å². The summed E-state index contributed by atoms with van der Waals surface area (Å²) in [7, 11) is 1.33. The summed E-state index contributed by atoms with van der Waals surface area (Å²) in [5.74, 6) is -3.96. The van der Waals surface area contributed by atoms with E-state index in [0.29, 0.717) is 17.8 Å². The van der Waals surface area contributed by atoms with Crippen molar-refractivity contribution in [2.75, 3.05) is 26.7 Å². The average molecular weight is 564 g/mol. The lowest BCUT2D eigenvalue weighted by Crippen LogP contribution is -2.49. The molecule has 3 unspecified atom stereocenters. The second-order valence-electron chi connectivity index (χ2n) is 9.83. The Morgan fingerprint density at radius 2 is 2.08 bits per heavy atom. The highest BCUT2D eigenvalue weighted by atomic mass is 19.3. The number of ether oxygens (including phenoxy) is 2. The van der Waals surface area contributed by atoms with E-state index < -0.39 is 36.3 Å². The highest BCUT2D eigenvalue weighted by molar-refractivity contribution is 6.19. The molecule has 4 aliphatic rings. The molecule has 214 valence electrons. The Morgan fingerprint density at radius 1 is 1.30 bits per heavy atom. The Hall–Kier alpha value is -4.07. The molecular formula is C26H28F3N5O6. The van der Waals surface area contributed by atoms with Crippen LogP contribution in [0, 0.1) is 11.8 Å². The highest BCUT2D eigenvalue weighted by Crippen LogP contribution is 2.39. The van der Waals surface area contributed by atoms with Gasteiger partial charge in [-0.25, -0.2) is 14.2 Å². The van der Waals surface area contributed by atoms with Crippen LogP contribution < -0.4 is 15.2 Å². The number of carbonyl (C=O) groups excluding carboxylic acids is 1. The molecule has 5 rings (SSSR count). The van der Waals surface area contributed by atoms with Gasteiger partial charge in [0, 0.05) is 31.2 Å². The van der Waals surface area contributed by atoms with Crippen LogP contribution in [-0.4, -0.2) is 83.8 Å². The van der Waals surface area contributed by atoms with E-state index in [9.17, 15) is 23.5 Å². The SMILES string of the molecule is COc1cc(CO/N=C2/CN(C3=NC4C(C=C3F)C(=O)C(C(=O)O)=CN4C3CC3)CC2CN)ccc1OC(F)F. The Kier molecular flexibility index (Phi) is 7.70. The predicted octanol–water partition coefficient (Wildman–Crippen LogP) is 2.28. The van der Waals surface area contributed by atoms with Gasteiger partial charge in [0.1, 0.15) is 18.3 Å². The first-order chi connectivity index (χ1) is 19.2. The Morgan fingerprint density at radius 3 is 2.73 bits per heavy atom. The second-order valence-corrected chi connectivity index (χ2v) is 9.83. The minimum absolute atomic E-state index is 0.00177. The molecule has 0 spiro atoms. The maximum atomic E-state index is 15.3. The largest absolute Gasteiger partial charge is 0.493 e. The van der Waals surface area contributed by atoms with Crippen molar-refractivity contribution in [2.24, 2.45) is 27.7 Å². The molecule has 0 aromatic heterocycles. The molecule has 1 aliphatic carbocycles. The highest BCUT2D eigenvalue weighted by Gasteiger charge is 2.47. The first-order valence-corrected chi connectivity index (χ1v) is 12.7. The molecule has 1 aromatic carbocycles. The van der Waals surface area contributed by atoms with Gasteiger partial charge in [0.15, 0.2) is 28.9 Å².